The highest BCUT2D eigenvalue weighted by molar-refractivity contribution is 9.10. The molecule has 0 aromatic heterocycles. The highest BCUT2D eigenvalue weighted by atomic mass is 79.9. The molecule has 0 heterocycles. The summed E-state index contributed by atoms with van der Waals surface area (Å²) in [6, 6.07) is 23.0. The maximum atomic E-state index is 14.4. The maximum Gasteiger partial charge on any atom is 0.127 e. The summed E-state index contributed by atoms with van der Waals surface area (Å²) < 4.78 is 15.2. The third kappa shape index (κ3) is 2.55. The zero-order valence-electron chi connectivity index (χ0n) is 14.3. The van der Waals surface area contributed by atoms with Crippen LogP contribution in [-0.2, 0) is 12.8 Å². The Morgan fingerprint density at radius 2 is 1.69 bits per heavy atom. The van der Waals surface area contributed by atoms with Crippen LogP contribution in [0.25, 0.3) is 21.5 Å². The molecule has 0 radical (unpaired) electrons. The summed E-state index contributed by atoms with van der Waals surface area (Å²) in [5.74, 6) is 0.160. The first-order valence-electron chi connectivity index (χ1n) is 9.08. The third-order valence-corrected chi connectivity index (χ3v) is 6.24. The molecule has 2 heteroatoms. The minimum Gasteiger partial charge on any atom is -0.207 e. The lowest BCUT2D eigenvalue weighted by atomic mass is 9.78. The van der Waals surface area contributed by atoms with E-state index in [2.05, 4.69) is 64.5 Å². The molecule has 4 aromatic carbocycles. The van der Waals surface area contributed by atoms with Crippen molar-refractivity contribution in [1.82, 2.24) is 0 Å². The van der Waals surface area contributed by atoms with Crippen LogP contribution in [0.5, 0.6) is 0 Å². The van der Waals surface area contributed by atoms with E-state index in [0.717, 1.165) is 29.3 Å². The molecule has 26 heavy (non-hydrogen) atoms. The van der Waals surface area contributed by atoms with Crippen molar-refractivity contribution in [1.29, 1.82) is 0 Å². The minimum absolute atomic E-state index is 0.0976. The maximum absolute atomic E-state index is 14.4. The number of rotatable bonds is 1. The van der Waals surface area contributed by atoms with E-state index in [1.807, 2.05) is 12.1 Å². The molecule has 0 N–H and O–H groups in total. The van der Waals surface area contributed by atoms with Gasteiger partial charge in [-0.1, -0.05) is 70.5 Å². The molecular formula is C24H18BrF. The van der Waals surface area contributed by atoms with Gasteiger partial charge in [-0.3, -0.25) is 0 Å². The van der Waals surface area contributed by atoms with Gasteiger partial charge in [-0.25, -0.2) is 4.39 Å². The van der Waals surface area contributed by atoms with E-state index in [9.17, 15) is 4.39 Å². The number of fused-ring (bicyclic) bond motifs is 5. The number of benzene rings is 4. The molecule has 0 nitrogen and oxygen atoms in total. The number of aryl methyl sites for hydroxylation is 1. The van der Waals surface area contributed by atoms with Gasteiger partial charge >= 0.3 is 0 Å². The molecule has 0 saturated heterocycles. The summed E-state index contributed by atoms with van der Waals surface area (Å²) in [5, 5.41) is 5.28. The van der Waals surface area contributed by atoms with Crippen molar-refractivity contribution in [2.45, 2.75) is 25.2 Å². The topological polar surface area (TPSA) is 0 Å². The number of hydrogen-bond acceptors (Lipinski definition) is 0. The Morgan fingerprint density at radius 3 is 2.58 bits per heavy atom. The van der Waals surface area contributed by atoms with Crippen molar-refractivity contribution in [2.24, 2.45) is 0 Å². The SMILES string of the molecule is Fc1cc(Br)ccc1C1CCc2c(ccc3c2ccc2ccccc23)C1. The lowest BCUT2D eigenvalue weighted by Crippen LogP contribution is -2.14. The van der Waals surface area contributed by atoms with Gasteiger partial charge in [0.05, 0.1) is 0 Å². The molecule has 4 aromatic rings. The second kappa shape index (κ2) is 6.21. The predicted octanol–water partition coefficient (Wildman–Crippen LogP) is 7.17. The van der Waals surface area contributed by atoms with Gasteiger partial charge in [0, 0.05) is 4.47 Å². The molecule has 1 unspecified atom stereocenters. The van der Waals surface area contributed by atoms with Crippen LogP contribution in [0.15, 0.2) is 71.2 Å². The van der Waals surface area contributed by atoms with Crippen LogP contribution in [0.1, 0.15) is 29.0 Å². The van der Waals surface area contributed by atoms with Gasteiger partial charge in [0.1, 0.15) is 5.82 Å². The zero-order valence-corrected chi connectivity index (χ0v) is 15.9. The molecular weight excluding hydrogens is 387 g/mol. The highest BCUT2D eigenvalue weighted by Crippen LogP contribution is 2.39. The molecule has 1 aliphatic rings. The van der Waals surface area contributed by atoms with E-state index in [0.29, 0.717) is 0 Å². The number of hydrogen-bond donors (Lipinski definition) is 0. The summed E-state index contributed by atoms with van der Waals surface area (Å²) in [7, 11) is 0. The average molecular weight is 405 g/mol. The van der Waals surface area contributed by atoms with E-state index in [1.165, 1.54) is 32.7 Å². The van der Waals surface area contributed by atoms with E-state index in [-0.39, 0.29) is 11.7 Å². The first-order valence-corrected chi connectivity index (χ1v) is 9.87. The molecule has 1 aliphatic carbocycles. The first-order chi connectivity index (χ1) is 12.7. The fraction of sp³-hybridized carbons (Fsp3) is 0.167. The van der Waals surface area contributed by atoms with Gasteiger partial charge < -0.3 is 0 Å². The van der Waals surface area contributed by atoms with Crippen LogP contribution in [0.3, 0.4) is 0 Å². The Bertz CT molecular complexity index is 1150. The molecule has 0 saturated carbocycles. The summed E-state index contributed by atoms with van der Waals surface area (Å²) in [5.41, 5.74) is 3.66. The van der Waals surface area contributed by atoms with E-state index in [4.69, 9.17) is 0 Å². The minimum atomic E-state index is -0.0976. The molecule has 128 valence electrons. The smallest absolute Gasteiger partial charge is 0.127 e. The number of halogens is 2. The lowest BCUT2D eigenvalue weighted by Gasteiger charge is -2.27. The van der Waals surface area contributed by atoms with E-state index < -0.39 is 0 Å². The van der Waals surface area contributed by atoms with Crippen LogP contribution in [-0.4, -0.2) is 0 Å². The normalized spacial score (nSPS) is 16.8. The Kier molecular flexibility index (Phi) is 3.82. The largest absolute Gasteiger partial charge is 0.207 e. The van der Waals surface area contributed by atoms with Gasteiger partial charge in [0.15, 0.2) is 0 Å². The Labute approximate surface area is 160 Å². The Morgan fingerprint density at radius 1 is 0.846 bits per heavy atom. The molecule has 1 atom stereocenters. The van der Waals surface area contributed by atoms with Crippen LogP contribution in [0, 0.1) is 5.82 Å². The molecule has 0 spiro atoms. The lowest BCUT2D eigenvalue weighted by molar-refractivity contribution is 0.535. The Hall–Kier alpha value is -2.19. The average Bonchev–Trinajstić information content (AvgIpc) is 2.67. The van der Waals surface area contributed by atoms with Gasteiger partial charge in [-0.2, -0.15) is 0 Å². The summed E-state index contributed by atoms with van der Waals surface area (Å²) in [6.45, 7) is 0. The molecule has 0 aliphatic heterocycles. The van der Waals surface area contributed by atoms with Crippen LogP contribution >= 0.6 is 15.9 Å². The fourth-order valence-electron chi connectivity index (χ4n) is 4.47. The molecule has 5 rings (SSSR count). The summed E-state index contributed by atoms with van der Waals surface area (Å²) in [4.78, 5) is 0. The van der Waals surface area contributed by atoms with Crippen molar-refractivity contribution < 1.29 is 4.39 Å². The third-order valence-electron chi connectivity index (χ3n) is 5.75. The van der Waals surface area contributed by atoms with Gasteiger partial charge in [0.2, 0.25) is 0 Å². The van der Waals surface area contributed by atoms with Crippen LogP contribution < -0.4 is 0 Å². The zero-order chi connectivity index (χ0) is 17.7. The predicted molar refractivity (Wildman–Crippen MR) is 110 cm³/mol. The van der Waals surface area contributed by atoms with Crippen LogP contribution in [0.4, 0.5) is 4.39 Å². The quantitative estimate of drug-likeness (QED) is 0.295. The molecule has 0 bridgehead atoms. The fourth-order valence-corrected chi connectivity index (χ4v) is 4.80. The van der Waals surface area contributed by atoms with Crippen molar-refractivity contribution in [3.63, 3.8) is 0 Å². The molecule has 0 amide bonds. The molecule has 0 fully saturated rings. The monoisotopic (exact) mass is 404 g/mol. The van der Waals surface area contributed by atoms with Gasteiger partial charge in [-0.15, -0.1) is 0 Å². The van der Waals surface area contributed by atoms with E-state index >= 15 is 0 Å². The van der Waals surface area contributed by atoms with Crippen LogP contribution in [0.2, 0.25) is 0 Å². The highest BCUT2D eigenvalue weighted by Gasteiger charge is 2.24. The second-order valence-electron chi connectivity index (χ2n) is 7.19. The van der Waals surface area contributed by atoms with Crippen molar-refractivity contribution in [3.05, 3.63) is 93.7 Å². The Balaban J connectivity index is 1.60. The second-order valence-corrected chi connectivity index (χ2v) is 8.11. The summed E-state index contributed by atoms with van der Waals surface area (Å²) in [6.07, 6.45) is 2.92. The van der Waals surface area contributed by atoms with Crippen molar-refractivity contribution >= 4 is 37.5 Å². The summed E-state index contributed by atoms with van der Waals surface area (Å²) >= 11 is 3.35. The van der Waals surface area contributed by atoms with E-state index in [1.54, 1.807) is 6.07 Å². The first kappa shape index (κ1) is 16.0. The van der Waals surface area contributed by atoms with Crippen molar-refractivity contribution in [2.75, 3.05) is 0 Å². The van der Waals surface area contributed by atoms with Gasteiger partial charge in [0.25, 0.3) is 0 Å². The standard InChI is InChI=1S/C24H18BrF/c25-18-8-12-21(24(26)14-18)17-6-9-20-16(13-17)7-11-22-19-4-2-1-3-15(19)5-10-23(20)22/h1-5,7-8,10-12,14,17H,6,9,13H2. The van der Waals surface area contributed by atoms with Crippen molar-refractivity contribution in [3.8, 4) is 0 Å². The van der Waals surface area contributed by atoms with Gasteiger partial charge in [-0.05, 0) is 75.5 Å².